The van der Waals surface area contributed by atoms with E-state index in [4.69, 9.17) is 21.4 Å². The quantitative estimate of drug-likeness (QED) is 0.863. The van der Waals surface area contributed by atoms with E-state index in [0.717, 1.165) is 12.0 Å². The smallest absolute Gasteiger partial charge is 0.337 e. The second-order valence-electron chi connectivity index (χ2n) is 3.87. The van der Waals surface area contributed by atoms with Crippen LogP contribution in [0, 0.1) is 0 Å². The van der Waals surface area contributed by atoms with Gasteiger partial charge in [0.25, 0.3) is 0 Å². The van der Waals surface area contributed by atoms with Gasteiger partial charge in [0.15, 0.2) is 0 Å². The molecule has 0 aliphatic carbocycles. The third kappa shape index (κ3) is 2.08. The van der Waals surface area contributed by atoms with E-state index in [1.54, 1.807) is 29.6 Å². The van der Waals surface area contributed by atoms with Crippen molar-refractivity contribution in [1.82, 2.24) is 0 Å². The fourth-order valence-electron chi connectivity index (χ4n) is 2.09. The van der Waals surface area contributed by atoms with Crippen LogP contribution in [0.2, 0.25) is 5.02 Å². The molecule has 0 spiro atoms. The van der Waals surface area contributed by atoms with E-state index >= 15 is 0 Å². The van der Waals surface area contributed by atoms with Crippen molar-refractivity contribution in [2.75, 3.05) is 19.1 Å². The number of rotatable bonds is 3. The molecule has 0 saturated carbocycles. The molecule has 2 rings (SSSR count). The van der Waals surface area contributed by atoms with Crippen LogP contribution in [0.4, 0.5) is 0 Å². The van der Waals surface area contributed by atoms with Gasteiger partial charge in [-0.15, -0.1) is 23.5 Å². The first-order valence-electron chi connectivity index (χ1n) is 5.35. The highest BCUT2D eigenvalue weighted by molar-refractivity contribution is 8.16. The van der Waals surface area contributed by atoms with Gasteiger partial charge in [0.1, 0.15) is 5.75 Å². The van der Waals surface area contributed by atoms with Crippen LogP contribution in [0.3, 0.4) is 0 Å². The Morgan fingerprint density at radius 1 is 1.44 bits per heavy atom. The van der Waals surface area contributed by atoms with Crippen molar-refractivity contribution in [2.24, 2.45) is 0 Å². The molecule has 98 valence electrons. The molecule has 1 aliphatic heterocycles. The Bertz CT molecular complexity index is 486. The second-order valence-corrected chi connectivity index (χ2v) is 6.72. The minimum absolute atomic E-state index is 0.0911. The summed E-state index contributed by atoms with van der Waals surface area (Å²) in [4.78, 5) is 11.1. The molecule has 1 aromatic rings. The molecule has 1 aromatic carbocycles. The Morgan fingerprint density at radius 3 is 2.67 bits per heavy atom. The zero-order chi connectivity index (χ0) is 13.3. The molecule has 1 N–H and O–H groups in total. The van der Waals surface area contributed by atoms with Gasteiger partial charge in [-0.2, -0.15) is 0 Å². The normalized spacial score (nSPS) is 16.8. The summed E-state index contributed by atoms with van der Waals surface area (Å²) >= 11 is 9.61. The molecule has 1 aliphatic rings. The lowest BCUT2D eigenvalue weighted by molar-refractivity contribution is 0.0696. The van der Waals surface area contributed by atoms with Crippen molar-refractivity contribution in [3.05, 3.63) is 28.3 Å². The van der Waals surface area contributed by atoms with Gasteiger partial charge in [0.05, 0.1) is 21.3 Å². The topological polar surface area (TPSA) is 46.5 Å². The summed E-state index contributed by atoms with van der Waals surface area (Å²) in [5, 5.41) is 9.26. The van der Waals surface area contributed by atoms with Crippen molar-refractivity contribution >= 4 is 41.1 Å². The predicted octanol–water partition coefficient (Wildman–Crippen LogP) is 3.70. The van der Waals surface area contributed by atoms with Gasteiger partial charge in [-0.25, -0.2) is 4.79 Å². The molecule has 18 heavy (non-hydrogen) atoms. The first-order valence-corrected chi connectivity index (χ1v) is 8.18. The number of aromatic carboxylic acids is 1. The predicted molar refractivity (Wildman–Crippen MR) is 77.2 cm³/mol. The molecule has 1 heterocycles. The van der Waals surface area contributed by atoms with Crippen molar-refractivity contribution in [3.8, 4) is 5.75 Å². The van der Waals surface area contributed by atoms with Crippen molar-refractivity contribution in [2.45, 2.75) is 10.5 Å². The molecule has 0 amide bonds. The zero-order valence-electron chi connectivity index (χ0n) is 10.0. The number of halogens is 1. The lowest BCUT2D eigenvalue weighted by Gasteiger charge is -2.36. The highest BCUT2D eigenvalue weighted by Crippen LogP contribution is 2.54. The molecule has 0 unspecified atom stereocenters. The van der Waals surface area contributed by atoms with Crippen LogP contribution in [0.1, 0.15) is 22.3 Å². The Kier molecular flexibility index (Phi) is 4.04. The standard InChI is InChI=1S/C12H13ClO3S2/c1-17-12(18-2)5-6-16-10-8(12)4-3-7(9(10)13)11(14)15/h3-4H,5-6H2,1-2H3,(H,14,15). The summed E-state index contributed by atoms with van der Waals surface area (Å²) in [7, 11) is 0. The fourth-order valence-corrected chi connectivity index (χ4v) is 4.39. The maximum Gasteiger partial charge on any atom is 0.337 e. The minimum Gasteiger partial charge on any atom is -0.492 e. The lowest BCUT2D eigenvalue weighted by atomic mass is 10.0. The summed E-state index contributed by atoms with van der Waals surface area (Å²) < 4.78 is 5.48. The summed E-state index contributed by atoms with van der Waals surface area (Å²) in [5.41, 5.74) is 1.07. The van der Waals surface area contributed by atoms with Gasteiger partial charge in [0, 0.05) is 12.0 Å². The molecule has 3 nitrogen and oxygen atoms in total. The van der Waals surface area contributed by atoms with Crippen LogP contribution in [-0.2, 0) is 4.08 Å². The largest absolute Gasteiger partial charge is 0.492 e. The van der Waals surface area contributed by atoms with E-state index in [2.05, 4.69) is 0 Å². The molecule has 0 fully saturated rings. The highest BCUT2D eigenvalue weighted by Gasteiger charge is 2.38. The Labute approximate surface area is 119 Å². The first-order chi connectivity index (χ1) is 8.55. The molecule has 0 aromatic heterocycles. The van der Waals surface area contributed by atoms with Gasteiger partial charge in [-0.1, -0.05) is 17.7 Å². The monoisotopic (exact) mass is 304 g/mol. The minimum atomic E-state index is -1.03. The number of ether oxygens (including phenoxy) is 1. The SMILES string of the molecule is CSC1(SC)CCOc2c1ccc(C(=O)O)c2Cl. The molecule has 0 atom stereocenters. The third-order valence-corrected chi connectivity index (χ3v) is 6.62. The van der Waals surface area contributed by atoms with Crippen LogP contribution in [0.5, 0.6) is 5.75 Å². The second kappa shape index (κ2) is 5.23. The first kappa shape index (κ1) is 13.9. The number of fused-ring (bicyclic) bond motifs is 1. The summed E-state index contributed by atoms with van der Waals surface area (Å²) in [6.45, 7) is 0.553. The van der Waals surface area contributed by atoms with E-state index < -0.39 is 5.97 Å². The Morgan fingerprint density at radius 2 is 2.11 bits per heavy atom. The van der Waals surface area contributed by atoms with E-state index in [-0.39, 0.29) is 14.7 Å². The summed E-state index contributed by atoms with van der Waals surface area (Å²) in [5.74, 6) is -0.512. The van der Waals surface area contributed by atoms with Crippen molar-refractivity contribution < 1.29 is 14.6 Å². The van der Waals surface area contributed by atoms with Crippen LogP contribution in [-0.4, -0.2) is 30.2 Å². The van der Waals surface area contributed by atoms with Crippen molar-refractivity contribution in [1.29, 1.82) is 0 Å². The maximum absolute atomic E-state index is 11.1. The fraction of sp³-hybridized carbons (Fsp3) is 0.417. The van der Waals surface area contributed by atoms with Gasteiger partial charge in [-0.05, 0) is 18.6 Å². The van der Waals surface area contributed by atoms with Crippen molar-refractivity contribution in [3.63, 3.8) is 0 Å². The van der Waals surface area contributed by atoms with Gasteiger partial charge >= 0.3 is 5.97 Å². The number of carboxylic acids is 1. The number of thioether (sulfide) groups is 2. The number of carbonyl (C=O) groups is 1. The molecule has 0 saturated heterocycles. The Balaban J connectivity index is 2.61. The van der Waals surface area contributed by atoms with Gasteiger partial charge in [0.2, 0.25) is 0 Å². The zero-order valence-corrected chi connectivity index (χ0v) is 12.4. The highest BCUT2D eigenvalue weighted by atomic mass is 35.5. The van der Waals surface area contributed by atoms with E-state index in [9.17, 15) is 4.79 Å². The molecule has 0 radical (unpaired) electrons. The summed E-state index contributed by atoms with van der Waals surface area (Å²) in [6, 6.07) is 3.37. The molecule has 6 heteroatoms. The van der Waals surface area contributed by atoms with Gasteiger partial charge < -0.3 is 9.84 Å². The van der Waals surface area contributed by atoms with E-state index in [1.807, 2.05) is 18.6 Å². The average Bonchev–Trinajstić information content (AvgIpc) is 2.38. The number of hydrogen-bond acceptors (Lipinski definition) is 4. The van der Waals surface area contributed by atoms with Crippen LogP contribution < -0.4 is 4.74 Å². The van der Waals surface area contributed by atoms with Gasteiger partial charge in [-0.3, -0.25) is 0 Å². The van der Waals surface area contributed by atoms with E-state index in [0.29, 0.717) is 12.4 Å². The van der Waals surface area contributed by atoms with Crippen LogP contribution >= 0.6 is 35.1 Å². The number of hydrogen-bond donors (Lipinski definition) is 1. The average molecular weight is 305 g/mol. The third-order valence-electron chi connectivity index (χ3n) is 3.07. The molecule has 0 bridgehead atoms. The van der Waals surface area contributed by atoms with Crippen LogP contribution in [0.25, 0.3) is 0 Å². The lowest BCUT2D eigenvalue weighted by Crippen LogP contribution is -2.27. The summed E-state index contributed by atoms with van der Waals surface area (Å²) in [6.07, 6.45) is 4.97. The van der Waals surface area contributed by atoms with Crippen LogP contribution in [0.15, 0.2) is 12.1 Å². The molecular formula is C12H13ClO3S2. The number of carboxylic acid groups (broad SMARTS) is 1. The van der Waals surface area contributed by atoms with E-state index in [1.165, 1.54) is 0 Å². The maximum atomic E-state index is 11.1. The Hall–Kier alpha value is -0.520. The number of benzene rings is 1. The molecular weight excluding hydrogens is 292 g/mol.